The highest BCUT2D eigenvalue weighted by Crippen LogP contribution is 2.37. The van der Waals surface area contributed by atoms with E-state index < -0.39 is 12.0 Å². The summed E-state index contributed by atoms with van der Waals surface area (Å²) < 4.78 is 12.2. The molecular formula is C20H17ClN4O4. The number of hydrogen-bond donors (Lipinski definition) is 1. The van der Waals surface area contributed by atoms with Crippen molar-refractivity contribution < 1.29 is 18.7 Å². The van der Waals surface area contributed by atoms with Gasteiger partial charge in [0.25, 0.3) is 5.91 Å². The van der Waals surface area contributed by atoms with Gasteiger partial charge in [-0.05, 0) is 37.6 Å². The van der Waals surface area contributed by atoms with Gasteiger partial charge >= 0.3 is 5.97 Å². The van der Waals surface area contributed by atoms with Crippen molar-refractivity contribution in [2.24, 2.45) is 0 Å². The van der Waals surface area contributed by atoms with Crippen LogP contribution >= 0.6 is 11.6 Å². The Kier molecular flexibility index (Phi) is 4.71. The molecule has 4 aromatic rings. The maximum atomic E-state index is 12.7. The van der Waals surface area contributed by atoms with Crippen molar-refractivity contribution in [2.75, 3.05) is 7.11 Å². The lowest BCUT2D eigenvalue weighted by Crippen LogP contribution is -2.26. The van der Waals surface area contributed by atoms with Crippen LogP contribution in [0.2, 0.25) is 5.02 Å². The van der Waals surface area contributed by atoms with Gasteiger partial charge in [0.2, 0.25) is 0 Å². The molecular weight excluding hydrogens is 396 g/mol. The predicted octanol–water partition coefficient (Wildman–Crippen LogP) is 3.71. The third-order valence-electron chi connectivity index (χ3n) is 4.57. The Morgan fingerprint density at radius 1 is 1.31 bits per heavy atom. The number of methoxy groups -OCH3 is 1. The monoisotopic (exact) mass is 412 g/mol. The summed E-state index contributed by atoms with van der Waals surface area (Å²) in [6.07, 6.45) is 4.74. The van der Waals surface area contributed by atoms with E-state index in [0.29, 0.717) is 33.0 Å². The fourth-order valence-corrected chi connectivity index (χ4v) is 3.54. The first-order chi connectivity index (χ1) is 13.9. The summed E-state index contributed by atoms with van der Waals surface area (Å²) in [4.78, 5) is 29.0. The quantitative estimate of drug-likeness (QED) is 0.513. The van der Waals surface area contributed by atoms with Crippen LogP contribution in [0.1, 0.15) is 45.0 Å². The molecule has 1 N–H and O–H groups in total. The van der Waals surface area contributed by atoms with Gasteiger partial charge < -0.3 is 14.5 Å². The van der Waals surface area contributed by atoms with Crippen LogP contribution in [0, 0.1) is 6.92 Å². The van der Waals surface area contributed by atoms with Crippen molar-refractivity contribution in [1.29, 1.82) is 0 Å². The van der Waals surface area contributed by atoms with E-state index in [-0.39, 0.29) is 11.5 Å². The van der Waals surface area contributed by atoms with Crippen molar-refractivity contribution in [3.8, 4) is 0 Å². The van der Waals surface area contributed by atoms with Crippen LogP contribution in [0.3, 0.4) is 0 Å². The summed E-state index contributed by atoms with van der Waals surface area (Å²) in [6, 6.07) is 4.65. The number of furan rings is 1. The number of rotatable bonds is 4. The Hall–Kier alpha value is -3.39. The van der Waals surface area contributed by atoms with Crippen LogP contribution in [0.25, 0.3) is 16.6 Å². The van der Waals surface area contributed by atoms with Crippen molar-refractivity contribution >= 4 is 40.1 Å². The Morgan fingerprint density at radius 2 is 2.10 bits per heavy atom. The van der Waals surface area contributed by atoms with E-state index in [1.807, 2.05) is 13.0 Å². The van der Waals surface area contributed by atoms with E-state index in [1.54, 1.807) is 31.5 Å². The van der Waals surface area contributed by atoms with Crippen LogP contribution in [-0.4, -0.2) is 33.6 Å². The number of benzene rings is 1. The molecule has 1 amide bonds. The normalized spacial score (nSPS) is 12.3. The minimum absolute atomic E-state index is 0.279. The first-order valence-corrected chi connectivity index (χ1v) is 9.18. The van der Waals surface area contributed by atoms with E-state index in [2.05, 4.69) is 15.4 Å². The van der Waals surface area contributed by atoms with Crippen LogP contribution < -0.4 is 5.32 Å². The summed E-state index contributed by atoms with van der Waals surface area (Å²) >= 11 is 6.52. The maximum Gasteiger partial charge on any atom is 0.341 e. The summed E-state index contributed by atoms with van der Waals surface area (Å²) in [5, 5.41) is 7.87. The third kappa shape index (κ3) is 3.21. The molecule has 3 aromatic heterocycles. The number of nitrogens with zero attached hydrogens (tertiary/aromatic N) is 3. The highest BCUT2D eigenvalue weighted by Gasteiger charge is 2.25. The molecule has 1 aromatic carbocycles. The fourth-order valence-electron chi connectivity index (χ4n) is 3.20. The van der Waals surface area contributed by atoms with Gasteiger partial charge in [-0.15, -0.1) is 0 Å². The van der Waals surface area contributed by atoms with Gasteiger partial charge in [0.1, 0.15) is 16.9 Å². The number of carbonyl (C=O) groups excluding carboxylic acids is 2. The summed E-state index contributed by atoms with van der Waals surface area (Å²) in [6.45, 7) is 3.59. The molecule has 4 rings (SSSR count). The molecule has 9 heteroatoms. The average Bonchev–Trinajstić information content (AvgIpc) is 3.28. The zero-order valence-electron chi connectivity index (χ0n) is 15.9. The number of amides is 1. The zero-order chi connectivity index (χ0) is 20.7. The number of hydrogen-bond acceptors (Lipinski definition) is 6. The average molecular weight is 413 g/mol. The topological polar surface area (TPSA) is 98.7 Å². The molecule has 0 spiro atoms. The van der Waals surface area contributed by atoms with Gasteiger partial charge in [-0.3, -0.25) is 4.79 Å². The molecule has 8 nitrogen and oxygen atoms in total. The first kappa shape index (κ1) is 18.9. The number of aromatic nitrogens is 3. The Bertz CT molecular complexity index is 1260. The van der Waals surface area contributed by atoms with Gasteiger partial charge in [-0.1, -0.05) is 11.6 Å². The second kappa shape index (κ2) is 7.21. The minimum Gasteiger partial charge on any atom is -0.465 e. The van der Waals surface area contributed by atoms with Gasteiger partial charge in [0.15, 0.2) is 11.2 Å². The molecule has 0 bridgehead atoms. The molecule has 1 unspecified atom stereocenters. The number of fused-ring (bicyclic) bond motifs is 2. The van der Waals surface area contributed by atoms with Gasteiger partial charge in [-0.2, -0.15) is 5.10 Å². The van der Waals surface area contributed by atoms with Crippen molar-refractivity contribution in [3.63, 3.8) is 0 Å². The molecule has 0 aliphatic carbocycles. The molecule has 148 valence electrons. The molecule has 0 radical (unpaired) electrons. The summed E-state index contributed by atoms with van der Waals surface area (Å²) in [7, 11) is 1.30. The number of carbonyl (C=O) groups is 2. The lowest BCUT2D eigenvalue weighted by molar-refractivity contribution is 0.0601. The number of halogens is 1. The van der Waals surface area contributed by atoms with Crippen LogP contribution in [0.15, 0.2) is 41.2 Å². The van der Waals surface area contributed by atoms with Gasteiger partial charge in [0.05, 0.1) is 24.4 Å². The molecule has 0 saturated carbocycles. The van der Waals surface area contributed by atoms with E-state index in [9.17, 15) is 9.59 Å². The van der Waals surface area contributed by atoms with Crippen LogP contribution in [-0.2, 0) is 4.74 Å². The molecule has 0 aliphatic heterocycles. The Balaban J connectivity index is 1.70. The Labute approximate surface area is 170 Å². The SMILES string of the molecule is COC(=O)c1cc(C)cc2c(Cl)c(C(C)NC(=O)c3cnn4cccnc34)oc12. The molecule has 29 heavy (non-hydrogen) atoms. The largest absolute Gasteiger partial charge is 0.465 e. The Morgan fingerprint density at radius 3 is 2.86 bits per heavy atom. The van der Waals surface area contributed by atoms with E-state index >= 15 is 0 Å². The fraction of sp³-hybridized carbons (Fsp3) is 0.200. The number of ether oxygens (including phenoxy) is 1. The highest BCUT2D eigenvalue weighted by molar-refractivity contribution is 6.36. The second-order valence-corrected chi connectivity index (χ2v) is 6.98. The number of esters is 1. The predicted molar refractivity (Wildman–Crippen MR) is 106 cm³/mol. The zero-order valence-corrected chi connectivity index (χ0v) is 16.6. The van der Waals surface area contributed by atoms with Crippen molar-refractivity contribution in [3.05, 3.63) is 64.3 Å². The molecule has 0 aliphatic rings. The number of aryl methyl sites for hydroxylation is 1. The van der Waals surface area contributed by atoms with E-state index in [0.717, 1.165) is 5.56 Å². The van der Waals surface area contributed by atoms with Crippen molar-refractivity contribution in [2.45, 2.75) is 19.9 Å². The highest BCUT2D eigenvalue weighted by atomic mass is 35.5. The lowest BCUT2D eigenvalue weighted by atomic mass is 10.1. The standard InChI is InChI=1S/C20H17ClN4O4/c1-10-7-12-15(21)16(29-17(12)13(8-10)20(27)28-3)11(2)24-19(26)14-9-23-25-6-4-5-22-18(14)25/h4-9,11H,1-3H3,(H,24,26). The number of nitrogens with one attached hydrogen (secondary N) is 1. The van der Waals surface area contributed by atoms with Crippen LogP contribution in [0.5, 0.6) is 0 Å². The van der Waals surface area contributed by atoms with E-state index in [1.165, 1.54) is 17.8 Å². The summed E-state index contributed by atoms with van der Waals surface area (Å²) in [5.41, 5.74) is 2.20. The third-order valence-corrected chi connectivity index (χ3v) is 4.96. The lowest BCUT2D eigenvalue weighted by Gasteiger charge is -2.11. The maximum absolute atomic E-state index is 12.7. The molecule has 1 atom stereocenters. The first-order valence-electron chi connectivity index (χ1n) is 8.80. The van der Waals surface area contributed by atoms with Gasteiger partial charge in [-0.25, -0.2) is 14.3 Å². The second-order valence-electron chi connectivity index (χ2n) is 6.60. The minimum atomic E-state index is -0.563. The summed E-state index contributed by atoms with van der Waals surface area (Å²) in [5.74, 6) is -0.549. The van der Waals surface area contributed by atoms with Crippen molar-refractivity contribution in [1.82, 2.24) is 19.9 Å². The van der Waals surface area contributed by atoms with Crippen LogP contribution in [0.4, 0.5) is 0 Å². The molecule has 3 heterocycles. The smallest absolute Gasteiger partial charge is 0.341 e. The molecule has 0 saturated heterocycles. The van der Waals surface area contributed by atoms with Gasteiger partial charge in [0, 0.05) is 17.8 Å². The van der Waals surface area contributed by atoms with E-state index in [4.69, 9.17) is 20.8 Å². The molecule has 0 fully saturated rings.